The number of nitrogens with zero attached hydrogens (tertiary/aromatic N) is 3. The van der Waals surface area contributed by atoms with Crippen molar-refractivity contribution >= 4 is 11.7 Å². The van der Waals surface area contributed by atoms with Crippen LogP contribution < -0.4 is 10.2 Å². The average Bonchev–Trinajstić information content (AvgIpc) is 2.39. The number of hydrogen-bond donors (Lipinski definition) is 1. The van der Waals surface area contributed by atoms with E-state index in [1.54, 1.807) is 31.2 Å². The van der Waals surface area contributed by atoms with Crippen molar-refractivity contribution in [2.24, 2.45) is 0 Å². The van der Waals surface area contributed by atoms with Crippen LogP contribution >= 0.6 is 0 Å². The molecule has 1 rings (SSSR count). The predicted molar refractivity (Wildman–Crippen MR) is 67.1 cm³/mol. The van der Waals surface area contributed by atoms with Gasteiger partial charge in [0.2, 0.25) is 5.91 Å². The Balaban J connectivity index is 2.46. The number of carbonyl (C=O) groups is 1. The molecule has 0 aromatic carbocycles. The first-order valence-corrected chi connectivity index (χ1v) is 5.50. The van der Waals surface area contributed by atoms with Crippen molar-refractivity contribution in [3.05, 3.63) is 23.9 Å². The van der Waals surface area contributed by atoms with Crippen molar-refractivity contribution < 1.29 is 9.53 Å². The van der Waals surface area contributed by atoms with Crippen LogP contribution in [-0.2, 0) is 9.53 Å². The van der Waals surface area contributed by atoms with Gasteiger partial charge >= 0.3 is 0 Å². The second kappa shape index (κ2) is 7.25. The summed E-state index contributed by atoms with van der Waals surface area (Å²) in [6, 6.07) is 5.37. The Morgan fingerprint density at radius 3 is 2.94 bits per heavy atom. The van der Waals surface area contributed by atoms with Gasteiger partial charge < -0.3 is 15.0 Å². The van der Waals surface area contributed by atoms with Crippen molar-refractivity contribution in [1.82, 2.24) is 10.3 Å². The fraction of sp³-hybridized carbons (Fsp3) is 0.417. The summed E-state index contributed by atoms with van der Waals surface area (Å²) in [6.07, 6.45) is 1.48. The molecule has 18 heavy (non-hydrogen) atoms. The number of nitriles is 1. The van der Waals surface area contributed by atoms with Crippen molar-refractivity contribution in [3.8, 4) is 6.07 Å². The number of amides is 1. The molecule has 96 valence electrons. The van der Waals surface area contributed by atoms with Gasteiger partial charge in [0.15, 0.2) is 0 Å². The highest BCUT2D eigenvalue weighted by Crippen LogP contribution is 2.08. The zero-order valence-electron chi connectivity index (χ0n) is 10.5. The summed E-state index contributed by atoms with van der Waals surface area (Å²) in [5.74, 6) is 0.552. The van der Waals surface area contributed by atoms with Gasteiger partial charge in [-0.25, -0.2) is 4.98 Å². The number of hydrogen-bond acceptors (Lipinski definition) is 5. The average molecular weight is 248 g/mol. The maximum atomic E-state index is 11.5. The van der Waals surface area contributed by atoms with E-state index in [1.807, 2.05) is 6.07 Å². The zero-order valence-corrected chi connectivity index (χ0v) is 10.5. The predicted octanol–water partition coefficient (Wildman–Crippen LogP) is 0.152. The van der Waals surface area contributed by atoms with Crippen LogP contribution in [0.5, 0.6) is 0 Å². The van der Waals surface area contributed by atoms with Crippen LogP contribution in [0.3, 0.4) is 0 Å². The minimum atomic E-state index is -0.0966. The third kappa shape index (κ3) is 4.39. The molecule has 1 amide bonds. The number of aromatic nitrogens is 1. The van der Waals surface area contributed by atoms with Crippen LogP contribution in [0.2, 0.25) is 0 Å². The van der Waals surface area contributed by atoms with Crippen LogP contribution in [0.15, 0.2) is 18.3 Å². The maximum absolute atomic E-state index is 11.5. The summed E-state index contributed by atoms with van der Waals surface area (Å²) in [5, 5.41) is 11.4. The molecule has 0 aliphatic heterocycles. The van der Waals surface area contributed by atoms with Crippen molar-refractivity contribution in [2.45, 2.75) is 0 Å². The molecule has 0 saturated heterocycles. The number of pyridine rings is 1. The first-order valence-electron chi connectivity index (χ1n) is 5.50. The Kier molecular flexibility index (Phi) is 5.61. The molecule has 0 fully saturated rings. The van der Waals surface area contributed by atoms with Crippen LogP contribution in [0, 0.1) is 11.3 Å². The first kappa shape index (κ1) is 13.9. The molecule has 1 N–H and O–H groups in total. The molecule has 0 bridgehead atoms. The highest BCUT2D eigenvalue weighted by Gasteiger charge is 2.07. The number of carbonyl (C=O) groups excluding carboxylic acids is 1. The van der Waals surface area contributed by atoms with Gasteiger partial charge in [-0.1, -0.05) is 0 Å². The van der Waals surface area contributed by atoms with Crippen molar-refractivity contribution in [2.75, 3.05) is 38.8 Å². The second-order valence-electron chi connectivity index (χ2n) is 3.72. The maximum Gasteiger partial charge on any atom is 0.239 e. The Morgan fingerprint density at radius 2 is 2.39 bits per heavy atom. The molecule has 0 radical (unpaired) electrons. The molecule has 0 spiro atoms. The molecule has 0 aliphatic carbocycles. The van der Waals surface area contributed by atoms with Gasteiger partial charge in [-0.05, 0) is 12.1 Å². The highest BCUT2D eigenvalue weighted by atomic mass is 16.5. The lowest BCUT2D eigenvalue weighted by Crippen LogP contribution is -2.36. The third-order valence-corrected chi connectivity index (χ3v) is 2.28. The van der Waals surface area contributed by atoms with Crippen LogP contribution in [0.1, 0.15) is 5.56 Å². The van der Waals surface area contributed by atoms with Gasteiger partial charge in [0.05, 0.1) is 18.7 Å². The van der Waals surface area contributed by atoms with Crippen molar-refractivity contribution in [1.29, 1.82) is 5.26 Å². The van der Waals surface area contributed by atoms with Gasteiger partial charge in [0.25, 0.3) is 0 Å². The van der Waals surface area contributed by atoms with E-state index < -0.39 is 0 Å². The number of likely N-dealkylation sites (N-methyl/N-ethyl adjacent to an activating group) is 1. The summed E-state index contributed by atoms with van der Waals surface area (Å²) in [5.41, 5.74) is 0.497. The normalized spacial score (nSPS) is 9.61. The van der Waals surface area contributed by atoms with E-state index in [0.717, 1.165) is 0 Å². The molecule has 0 unspecified atom stereocenters. The van der Waals surface area contributed by atoms with E-state index in [2.05, 4.69) is 10.3 Å². The van der Waals surface area contributed by atoms with E-state index in [1.165, 1.54) is 6.20 Å². The number of anilines is 1. The molecule has 0 aliphatic rings. The van der Waals surface area contributed by atoms with Gasteiger partial charge in [-0.3, -0.25) is 4.79 Å². The topological polar surface area (TPSA) is 78.2 Å². The molecule has 6 heteroatoms. The first-order chi connectivity index (χ1) is 8.67. The van der Waals surface area contributed by atoms with E-state index in [0.29, 0.717) is 24.5 Å². The molecule has 0 atom stereocenters. The Labute approximate surface area is 106 Å². The molecule has 1 aromatic rings. The number of nitrogens with one attached hydrogen (secondary N) is 1. The zero-order chi connectivity index (χ0) is 13.4. The smallest absolute Gasteiger partial charge is 0.239 e. The van der Waals surface area contributed by atoms with Gasteiger partial charge in [0.1, 0.15) is 11.9 Å². The Morgan fingerprint density at radius 1 is 1.61 bits per heavy atom. The van der Waals surface area contributed by atoms with Crippen LogP contribution in [0.4, 0.5) is 5.82 Å². The molecule has 6 nitrogen and oxygen atoms in total. The summed E-state index contributed by atoms with van der Waals surface area (Å²) in [4.78, 5) is 17.3. The molecule has 1 aromatic heterocycles. The van der Waals surface area contributed by atoms with Gasteiger partial charge in [-0.15, -0.1) is 0 Å². The fourth-order valence-corrected chi connectivity index (χ4v) is 1.32. The minimum absolute atomic E-state index is 0.0966. The van der Waals surface area contributed by atoms with Crippen molar-refractivity contribution in [3.63, 3.8) is 0 Å². The van der Waals surface area contributed by atoms with E-state index in [9.17, 15) is 4.79 Å². The Bertz CT molecular complexity index is 425. The quantitative estimate of drug-likeness (QED) is 0.725. The number of methoxy groups -OCH3 is 1. The van der Waals surface area contributed by atoms with E-state index in [4.69, 9.17) is 10.00 Å². The molecule has 0 saturated carbocycles. The minimum Gasteiger partial charge on any atom is -0.383 e. The summed E-state index contributed by atoms with van der Waals surface area (Å²) < 4.78 is 4.84. The molecule has 1 heterocycles. The number of ether oxygens (including phenoxy) is 1. The molecular weight excluding hydrogens is 232 g/mol. The Hall–Kier alpha value is -2.13. The molecular formula is C12H16N4O2. The van der Waals surface area contributed by atoms with E-state index >= 15 is 0 Å². The summed E-state index contributed by atoms with van der Waals surface area (Å²) in [6.45, 7) is 1.19. The largest absolute Gasteiger partial charge is 0.383 e. The van der Waals surface area contributed by atoms with Gasteiger partial charge in [-0.2, -0.15) is 5.26 Å². The summed E-state index contributed by atoms with van der Waals surface area (Å²) >= 11 is 0. The fourth-order valence-electron chi connectivity index (χ4n) is 1.32. The van der Waals surface area contributed by atoms with E-state index in [-0.39, 0.29) is 12.5 Å². The SMILES string of the molecule is COCCNC(=O)CN(C)c1ccc(C#N)cn1. The van der Waals surface area contributed by atoms with Crippen LogP contribution in [-0.4, -0.2) is 44.7 Å². The lowest BCUT2D eigenvalue weighted by molar-refractivity contribution is -0.119. The summed E-state index contributed by atoms with van der Waals surface area (Å²) in [7, 11) is 3.35. The second-order valence-corrected chi connectivity index (χ2v) is 3.72. The van der Waals surface area contributed by atoms with Gasteiger partial charge in [0, 0.05) is 26.9 Å². The highest BCUT2D eigenvalue weighted by molar-refractivity contribution is 5.80. The third-order valence-electron chi connectivity index (χ3n) is 2.28. The van der Waals surface area contributed by atoms with Crippen LogP contribution in [0.25, 0.3) is 0 Å². The lowest BCUT2D eigenvalue weighted by atomic mass is 10.3. The lowest BCUT2D eigenvalue weighted by Gasteiger charge is -2.17. The monoisotopic (exact) mass is 248 g/mol. The number of rotatable bonds is 6. The standard InChI is InChI=1S/C12H16N4O2/c1-16(9-12(17)14-5-6-18-2)11-4-3-10(7-13)8-15-11/h3-4,8H,5-6,9H2,1-2H3,(H,14,17).